The number of nitrogens with one attached hydrogen (secondary N) is 1. The Kier molecular flexibility index (Phi) is 4.33. The second kappa shape index (κ2) is 6.05. The van der Waals surface area contributed by atoms with Crippen LogP contribution in [0.2, 0.25) is 0 Å². The van der Waals surface area contributed by atoms with Gasteiger partial charge in [-0.05, 0) is 48.9 Å². The van der Waals surface area contributed by atoms with Crippen molar-refractivity contribution in [1.82, 2.24) is 5.32 Å². The normalized spacial score (nSPS) is 14.6. The first kappa shape index (κ1) is 16.4. The zero-order valence-corrected chi connectivity index (χ0v) is 11.6. The van der Waals surface area contributed by atoms with Gasteiger partial charge in [-0.1, -0.05) is 11.8 Å². The van der Waals surface area contributed by atoms with E-state index in [0.717, 1.165) is 0 Å². The van der Waals surface area contributed by atoms with Gasteiger partial charge in [0.25, 0.3) is 0 Å². The van der Waals surface area contributed by atoms with Crippen LogP contribution in [0.5, 0.6) is 0 Å². The van der Waals surface area contributed by atoms with Crippen molar-refractivity contribution in [3.05, 3.63) is 35.4 Å². The van der Waals surface area contributed by atoms with Crippen LogP contribution in [0.3, 0.4) is 0 Å². The van der Waals surface area contributed by atoms with E-state index in [1.807, 2.05) is 5.32 Å². The van der Waals surface area contributed by atoms with Gasteiger partial charge in [0.05, 0.1) is 5.56 Å². The average Bonchev–Trinajstić information content (AvgIpc) is 3.23. The number of amides is 1. The molecule has 0 saturated heterocycles. The molecular formula is C16H10F3NO3. The van der Waals surface area contributed by atoms with Gasteiger partial charge in [-0.2, -0.15) is 13.2 Å². The topological polar surface area (TPSA) is 66.4 Å². The molecule has 0 bridgehead atoms. The molecular weight excluding hydrogens is 311 g/mol. The third-order valence-corrected chi connectivity index (χ3v) is 3.06. The van der Waals surface area contributed by atoms with Crippen molar-refractivity contribution < 1.29 is 27.9 Å². The molecule has 0 heterocycles. The molecule has 1 fully saturated rings. The second-order valence-electron chi connectivity index (χ2n) is 4.92. The average molecular weight is 321 g/mol. The van der Waals surface area contributed by atoms with Gasteiger partial charge in [0, 0.05) is 5.56 Å². The summed E-state index contributed by atoms with van der Waals surface area (Å²) in [5, 5.41) is 10.6. The Morgan fingerprint density at radius 3 is 2.22 bits per heavy atom. The highest BCUT2D eigenvalue weighted by Gasteiger charge is 2.49. The molecule has 1 aromatic rings. The van der Waals surface area contributed by atoms with E-state index in [9.17, 15) is 22.8 Å². The first-order valence-corrected chi connectivity index (χ1v) is 6.48. The number of rotatable bonds is 2. The molecule has 118 valence electrons. The first-order chi connectivity index (χ1) is 10.7. The van der Waals surface area contributed by atoms with Crippen LogP contribution in [-0.4, -0.2) is 28.7 Å². The van der Waals surface area contributed by atoms with Gasteiger partial charge in [-0.15, -0.1) is 0 Å². The van der Waals surface area contributed by atoms with E-state index < -0.39 is 23.6 Å². The molecule has 1 aromatic carbocycles. The van der Waals surface area contributed by atoms with Crippen molar-refractivity contribution >= 4 is 11.9 Å². The van der Waals surface area contributed by atoms with E-state index in [2.05, 4.69) is 23.7 Å². The van der Waals surface area contributed by atoms with E-state index in [4.69, 9.17) is 5.11 Å². The zero-order chi connectivity index (χ0) is 17.1. The Labute approximate surface area is 129 Å². The van der Waals surface area contributed by atoms with E-state index >= 15 is 0 Å². The zero-order valence-electron chi connectivity index (χ0n) is 11.6. The fourth-order valence-electron chi connectivity index (χ4n) is 1.64. The minimum absolute atomic E-state index is 0.119. The summed E-state index contributed by atoms with van der Waals surface area (Å²) in [5.41, 5.74) is -0.504. The lowest BCUT2D eigenvalue weighted by atomic mass is 10.1. The third kappa shape index (κ3) is 4.52. The predicted octanol–water partition coefficient (Wildman–Crippen LogP) is 1.95. The third-order valence-electron chi connectivity index (χ3n) is 3.06. The number of carboxylic acids is 1. The predicted molar refractivity (Wildman–Crippen MR) is 74.2 cm³/mol. The molecule has 0 aromatic heterocycles. The summed E-state index contributed by atoms with van der Waals surface area (Å²) in [6.45, 7) is 0. The van der Waals surface area contributed by atoms with Gasteiger partial charge in [-0.3, -0.25) is 4.79 Å². The van der Waals surface area contributed by atoms with Crippen LogP contribution in [0.25, 0.3) is 0 Å². The smallest absolute Gasteiger partial charge is 0.471 e. The minimum Gasteiger partial charge on any atom is -0.478 e. The molecule has 7 heteroatoms. The second-order valence-corrected chi connectivity index (χ2v) is 4.92. The summed E-state index contributed by atoms with van der Waals surface area (Å²) >= 11 is 0. The SMILES string of the molecule is O=C(O)c1ccc(C#CC#CC2(NC(=O)C(F)(F)F)CC2)cc1. The van der Waals surface area contributed by atoms with Crippen molar-refractivity contribution in [2.75, 3.05) is 0 Å². The maximum Gasteiger partial charge on any atom is 0.471 e. The molecule has 0 aliphatic heterocycles. The van der Waals surface area contributed by atoms with Gasteiger partial charge in [0.2, 0.25) is 0 Å². The lowest BCUT2D eigenvalue weighted by Crippen LogP contribution is -2.44. The fourth-order valence-corrected chi connectivity index (χ4v) is 1.64. The van der Waals surface area contributed by atoms with Gasteiger partial charge < -0.3 is 10.4 Å². The number of hydrogen-bond donors (Lipinski definition) is 2. The number of carboxylic acid groups (broad SMARTS) is 1. The quantitative estimate of drug-likeness (QED) is 0.818. The Bertz CT molecular complexity index is 754. The highest BCUT2D eigenvalue weighted by molar-refractivity contribution is 5.87. The molecule has 1 amide bonds. The van der Waals surface area contributed by atoms with Crippen molar-refractivity contribution in [3.8, 4) is 23.7 Å². The summed E-state index contributed by atoms with van der Waals surface area (Å²) < 4.78 is 36.5. The molecule has 2 N–H and O–H groups in total. The number of aromatic carboxylic acids is 1. The largest absolute Gasteiger partial charge is 0.478 e. The molecule has 1 aliphatic carbocycles. The molecule has 0 radical (unpaired) electrons. The van der Waals surface area contributed by atoms with Gasteiger partial charge >= 0.3 is 18.1 Å². The number of hydrogen-bond acceptors (Lipinski definition) is 2. The summed E-state index contributed by atoms with van der Waals surface area (Å²) in [7, 11) is 0. The van der Waals surface area contributed by atoms with Crippen LogP contribution in [0, 0.1) is 23.7 Å². The Balaban J connectivity index is 2.01. The molecule has 2 rings (SSSR count). The Morgan fingerprint density at radius 2 is 1.74 bits per heavy atom. The maximum atomic E-state index is 12.2. The molecule has 23 heavy (non-hydrogen) atoms. The highest BCUT2D eigenvalue weighted by Crippen LogP contribution is 2.35. The molecule has 4 nitrogen and oxygen atoms in total. The number of alkyl halides is 3. The maximum absolute atomic E-state index is 12.2. The minimum atomic E-state index is -4.94. The number of benzene rings is 1. The summed E-state index contributed by atoms with van der Waals surface area (Å²) in [6.07, 6.45) is -4.25. The first-order valence-electron chi connectivity index (χ1n) is 6.48. The van der Waals surface area contributed by atoms with E-state index in [0.29, 0.717) is 18.4 Å². The molecule has 0 unspecified atom stereocenters. The number of carbonyl (C=O) groups excluding carboxylic acids is 1. The van der Waals surface area contributed by atoms with Crippen LogP contribution in [-0.2, 0) is 4.79 Å². The van der Waals surface area contributed by atoms with Crippen LogP contribution < -0.4 is 5.32 Å². The monoisotopic (exact) mass is 321 g/mol. The van der Waals surface area contributed by atoms with E-state index in [1.54, 1.807) is 0 Å². The summed E-state index contributed by atoms with van der Waals surface area (Å²) in [6, 6.07) is 5.75. The van der Waals surface area contributed by atoms with E-state index in [1.165, 1.54) is 24.3 Å². The van der Waals surface area contributed by atoms with Crippen molar-refractivity contribution in [2.45, 2.75) is 24.6 Å². The lowest BCUT2D eigenvalue weighted by molar-refractivity contribution is -0.174. The van der Waals surface area contributed by atoms with E-state index in [-0.39, 0.29) is 5.56 Å². The molecule has 1 aliphatic rings. The summed E-state index contributed by atoms with van der Waals surface area (Å²) in [4.78, 5) is 21.5. The number of carbonyl (C=O) groups is 2. The van der Waals surface area contributed by atoms with Gasteiger partial charge in [0.1, 0.15) is 5.54 Å². The van der Waals surface area contributed by atoms with Crippen molar-refractivity contribution in [1.29, 1.82) is 0 Å². The van der Waals surface area contributed by atoms with Crippen LogP contribution in [0.15, 0.2) is 24.3 Å². The van der Waals surface area contributed by atoms with Crippen LogP contribution in [0.4, 0.5) is 13.2 Å². The van der Waals surface area contributed by atoms with Crippen molar-refractivity contribution in [3.63, 3.8) is 0 Å². The van der Waals surface area contributed by atoms with Crippen LogP contribution >= 0.6 is 0 Å². The van der Waals surface area contributed by atoms with Crippen LogP contribution in [0.1, 0.15) is 28.8 Å². The van der Waals surface area contributed by atoms with Crippen molar-refractivity contribution in [2.24, 2.45) is 0 Å². The Morgan fingerprint density at radius 1 is 1.13 bits per heavy atom. The lowest BCUT2D eigenvalue weighted by Gasteiger charge is -2.12. The van der Waals surface area contributed by atoms with Gasteiger partial charge in [0.15, 0.2) is 0 Å². The Hall–Kier alpha value is -2.93. The number of halogens is 3. The molecule has 1 saturated carbocycles. The standard InChI is InChI=1S/C16H10F3NO3/c17-16(18,19)14(23)20-15(9-10-15)8-2-1-3-11-4-6-12(7-5-11)13(21)22/h4-7H,9-10H2,(H,20,23)(H,21,22). The highest BCUT2D eigenvalue weighted by atomic mass is 19.4. The summed E-state index contributed by atoms with van der Waals surface area (Å²) in [5.74, 6) is 6.99. The van der Waals surface area contributed by atoms with Gasteiger partial charge in [-0.25, -0.2) is 4.79 Å². The fraction of sp³-hybridized carbons (Fsp3) is 0.250. The molecule has 0 spiro atoms. The molecule has 0 atom stereocenters.